The summed E-state index contributed by atoms with van der Waals surface area (Å²) in [4.78, 5) is 0. The van der Waals surface area contributed by atoms with Crippen LogP contribution in [0.2, 0.25) is 0 Å². The topological polar surface area (TPSA) is 55.9 Å². The van der Waals surface area contributed by atoms with Gasteiger partial charge in [-0.2, -0.15) is 5.10 Å². The van der Waals surface area contributed by atoms with Gasteiger partial charge in [-0.25, -0.2) is 9.82 Å². The number of halogens is 1. The lowest BCUT2D eigenvalue weighted by Gasteiger charge is -2.17. The molecular formula is C12H15FN4. The highest BCUT2D eigenvalue weighted by molar-refractivity contribution is 5.32. The lowest BCUT2D eigenvalue weighted by atomic mass is 10.0. The quantitative estimate of drug-likeness (QED) is 0.624. The number of benzene rings is 1. The Hall–Kier alpha value is -1.72. The van der Waals surface area contributed by atoms with Crippen LogP contribution in [0.1, 0.15) is 22.9 Å². The summed E-state index contributed by atoms with van der Waals surface area (Å²) in [7, 11) is 1.80. The monoisotopic (exact) mass is 234 g/mol. The van der Waals surface area contributed by atoms with E-state index in [-0.39, 0.29) is 5.82 Å². The Morgan fingerprint density at radius 1 is 1.41 bits per heavy atom. The Balaban J connectivity index is 2.49. The average Bonchev–Trinajstić information content (AvgIpc) is 2.71. The third-order valence-electron chi connectivity index (χ3n) is 2.78. The predicted octanol–water partition coefficient (Wildman–Crippen LogP) is 1.42. The van der Waals surface area contributed by atoms with Crippen LogP contribution in [0, 0.1) is 12.7 Å². The minimum atomic E-state index is -0.401. The maximum absolute atomic E-state index is 13.8. The van der Waals surface area contributed by atoms with Gasteiger partial charge in [0, 0.05) is 18.8 Å². The first-order valence-electron chi connectivity index (χ1n) is 5.33. The maximum Gasteiger partial charge on any atom is 0.128 e. The molecule has 5 heteroatoms. The molecule has 1 aromatic carbocycles. The van der Waals surface area contributed by atoms with Crippen molar-refractivity contribution in [2.24, 2.45) is 12.9 Å². The Bertz CT molecular complexity index is 521. The van der Waals surface area contributed by atoms with Gasteiger partial charge in [0.2, 0.25) is 0 Å². The number of hydrazine groups is 1. The van der Waals surface area contributed by atoms with Crippen LogP contribution < -0.4 is 11.3 Å². The summed E-state index contributed by atoms with van der Waals surface area (Å²) in [5, 5.41) is 4.06. The second kappa shape index (κ2) is 4.65. The third-order valence-corrected chi connectivity index (χ3v) is 2.78. The molecule has 0 fully saturated rings. The van der Waals surface area contributed by atoms with Crippen molar-refractivity contribution < 1.29 is 4.39 Å². The smallest absolute Gasteiger partial charge is 0.128 e. The summed E-state index contributed by atoms with van der Waals surface area (Å²) in [5.74, 6) is 5.25. The van der Waals surface area contributed by atoms with Crippen LogP contribution >= 0.6 is 0 Å². The molecule has 4 nitrogen and oxygen atoms in total. The molecule has 0 saturated carbocycles. The van der Waals surface area contributed by atoms with E-state index in [0.29, 0.717) is 5.56 Å². The average molecular weight is 234 g/mol. The van der Waals surface area contributed by atoms with Gasteiger partial charge in [-0.3, -0.25) is 10.5 Å². The highest BCUT2D eigenvalue weighted by atomic mass is 19.1. The van der Waals surface area contributed by atoms with Crippen molar-refractivity contribution in [2.75, 3.05) is 0 Å². The molecule has 17 heavy (non-hydrogen) atoms. The molecule has 0 bridgehead atoms. The van der Waals surface area contributed by atoms with Gasteiger partial charge in [0.15, 0.2) is 0 Å². The Kier molecular flexibility index (Phi) is 3.21. The van der Waals surface area contributed by atoms with E-state index in [0.717, 1.165) is 11.3 Å². The largest absolute Gasteiger partial charge is 0.271 e. The van der Waals surface area contributed by atoms with Crippen LogP contribution in [0.25, 0.3) is 0 Å². The van der Waals surface area contributed by atoms with E-state index in [2.05, 4.69) is 10.5 Å². The highest BCUT2D eigenvalue weighted by Gasteiger charge is 2.19. The summed E-state index contributed by atoms with van der Waals surface area (Å²) >= 11 is 0. The van der Waals surface area contributed by atoms with Crippen LogP contribution in [0.3, 0.4) is 0 Å². The minimum Gasteiger partial charge on any atom is -0.271 e. The fraction of sp³-hybridized carbons (Fsp3) is 0.250. The Labute approximate surface area is 99.2 Å². The van der Waals surface area contributed by atoms with Crippen molar-refractivity contribution in [2.45, 2.75) is 13.0 Å². The molecule has 2 aromatic rings. The van der Waals surface area contributed by atoms with E-state index < -0.39 is 6.04 Å². The molecule has 0 aliphatic carbocycles. The molecule has 0 aliphatic heterocycles. The molecule has 2 rings (SSSR count). The van der Waals surface area contributed by atoms with E-state index in [4.69, 9.17) is 5.84 Å². The fourth-order valence-corrected chi connectivity index (χ4v) is 1.89. The van der Waals surface area contributed by atoms with Crippen LogP contribution in [0.15, 0.2) is 30.5 Å². The zero-order valence-corrected chi connectivity index (χ0v) is 9.81. The van der Waals surface area contributed by atoms with Crippen LogP contribution in [0.4, 0.5) is 4.39 Å². The standard InChI is InChI=1S/C12H15FN4/c1-8-3-4-10(13)9(7-8)12(16-14)11-5-6-15-17(11)2/h3-7,12,16H,14H2,1-2H3. The van der Waals surface area contributed by atoms with Gasteiger partial charge < -0.3 is 0 Å². The number of hydrogen-bond acceptors (Lipinski definition) is 3. The zero-order chi connectivity index (χ0) is 12.4. The molecule has 0 saturated heterocycles. The minimum absolute atomic E-state index is 0.278. The molecule has 0 aliphatic rings. The number of nitrogens with one attached hydrogen (secondary N) is 1. The van der Waals surface area contributed by atoms with E-state index in [1.54, 1.807) is 30.1 Å². The molecule has 1 aromatic heterocycles. The molecule has 0 radical (unpaired) electrons. The molecular weight excluding hydrogens is 219 g/mol. The SMILES string of the molecule is Cc1ccc(F)c(C(NN)c2ccnn2C)c1. The van der Waals surface area contributed by atoms with Gasteiger partial charge in [-0.15, -0.1) is 0 Å². The van der Waals surface area contributed by atoms with Gasteiger partial charge in [0.25, 0.3) is 0 Å². The van der Waals surface area contributed by atoms with E-state index in [9.17, 15) is 4.39 Å². The summed E-state index contributed by atoms with van der Waals surface area (Å²) in [5.41, 5.74) is 4.96. The van der Waals surface area contributed by atoms with Gasteiger partial charge in [0.1, 0.15) is 5.82 Å². The summed E-state index contributed by atoms with van der Waals surface area (Å²) in [6.07, 6.45) is 1.66. The number of aryl methyl sites for hydroxylation is 2. The first-order valence-corrected chi connectivity index (χ1v) is 5.33. The molecule has 1 unspecified atom stereocenters. The second-order valence-electron chi connectivity index (χ2n) is 4.00. The van der Waals surface area contributed by atoms with Gasteiger partial charge in [-0.05, 0) is 19.1 Å². The molecule has 3 N–H and O–H groups in total. The zero-order valence-electron chi connectivity index (χ0n) is 9.81. The molecule has 0 amide bonds. The van der Waals surface area contributed by atoms with Crippen molar-refractivity contribution in [1.82, 2.24) is 15.2 Å². The normalized spacial score (nSPS) is 12.7. The lowest BCUT2D eigenvalue weighted by Crippen LogP contribution is -2.31. The third kappa shape index (κ3) is 2.20. The predicted molar refractivity (Wildman–Crippen MR) is 63.5 cm³/mol. The number of nitrogens with two attached hydrogens (primary N) is 1. The van der Waals surface area contributed by atoms with Crippen LogP contribution in [-0.4, -0.2) is 9.78 Å². The lowest BCUT2D eigenvalue weighted by molar-refractivity contribution is 0.532. The number of rotatable bonds is 3. The molecule has 0 spiro atoms. The van der Waals surface area contributed by atoms with Gasteiger partial charge in [-0.1, -0.05) is 17.7 Å². The van der Waals surface area contributed by atoms with E-state index in [1.165, 1.54) is 6.07 Å². The maximum atomic E-state index is 13.8. The Morgan fingerprint density at radius 2 is 2.18 bits per heavy atom. The number of hydrogen-bond donors (Lipinski definition) is 2. The van der Waals surface area contributed by atoms with Crippen LogP contribution in [-0.2, 0) is 7.05 Å². The number of nitrogens with zero attached hydrogens (tertiary/aromatic N) is 2. The first kappa shape index (κ1) is 11.8. The summed E-state index contributed by atoms with van der Waals surface area (Å²) < 4.78 is 15.5. The molecule has 1 heterocycles. The van der Waals surface area contributed by atoms with Crippen molar-refractivity contribution in [3.05, 3.63) is 53.1 Å². The summed E-state index contributed by atoms with van der Waals surface area (Å²) in [6.45, 7) is 1.92. The fourth-order valence-electron chi connectivity index (χ4n) is 1.89. The Morgan fingerprint density at radius 3 is 2.76 bits per heavy atom. The second-order valence-corrected chi connectivity index (χ2v) is 4.00. The van der Waals surface area contributed by atoms with Crippen molar-refractivity contribution in [1.29, 1.82) is 0 Å². The van der Waals surface area contributed by atoms with Crippen molar-refractivity contribution in [3.63, 3.8) is 0 Å². The van der Waals surface area contributed by atoms with Crippen molar-refractivity contribution in [3.8, 4) is 0 Å². The molecule has 90 valence electrons. The first-order chi connectivity index (χ1) is 8.13. The van der Waals surface area contributed by atoms with Crippen LogP contribution in [0.5, 0.6) is 0 Å². The highest BCUT2D eigenvalue weighted by Crippen LogP contribution is 2.24. The number of aromatic nitrogens is 2. The van der Waals surface area contributed by atoms with Crippen molar-refractivity contribution >= 4 is 0 Å². The van der Waals surface area contributed by atoms with Gasteiger partial charge >= 0.3 is 0 Å². The van der Waals surface area contributed by atoms with E-state index >= 15 is 0 Å². The van der Waals surface area contributed by atoms with Gasteiger partial charge in [0.05, 0.1) is 11.7 Å². The summed E-state index contributed by atoms with van der Waals surface area (Å²) in [6, 6.07) is 6.38. The molecule has 1 atom stereocenters. The van der Waals surface area contributed by atoms with E-state index in [1.807, 2.05) is 13.0 Å².